The lowest BCUT2D eigenvalue weighted by Gasteiger charge is -2.11. The predicted octanol–water partition coefficient (Wildman–Crippen LogP) is 1.68. The summed E-state index contributed by atoms with van der Waals surface area (Å²) in [5, 5.41) is 5.83. The van der Waals surface area contributed by atoms with Gasteiger partial charge in [0, 0.05) is 12.3 Å². The molecule has 2 N–H and O–H groups in total. The minimum Gasteiger partial charge on any atom is -0.324 e. The molecule has 0 aromatic heterocycles. The Balaban J connectivity index is 2.86. The summed E-state index contributed by atoms with van der Waals surface area (Å²) in [5.74, 6) is -0.277. The Bertz CT molecular complexity index is 570. The molecule has 0 radical (unpaired) electrons. The zero-order chi connectivity index (χ0) is 14.6. The summed E-state index contributed by atoms with van der Waals surface area (Å²) in [6.07, 6.45) is 1.10. The molecule has 1 aromatic carbocycles. The Morgan fingerprint density at radius 1 is 1.37 bits per heavy atom. The first-order valence-corrected chi connectivity index (χ1v) is 8.00. The first kappa shape index (κ1) is 15.9. The third-order valence-electron chi connectivity index (χ3n) is 2.31. The number of hydrogen-bond donors (Lipinski definition) is 2. The van der Waals surface area contributed by atoms with E-state index < -0.39 is 9.84 Å². The molecule has 0 bridgehead atoms. The fourth-order valence-corrected chi connectivity index (χ4v) is 2.13. The summed E-state index contributed by atoms with van der Waals surface area (Å²) in [6, 6.07) is 4.39. The predicted molar refractivity (Wildman–Crippen MR) is 76.3 cm³/mol. The molecule has 0 atom stereocenters. The number of rotatable bonds is 5. The van der Waals surface area contributed by atoms with Crippen LogP contribution in [0.2, 0.25) is 5.02 Å². The van der Waals surface area contributed by atoms with Crippen LogP contribution in [0.15, 0.2) is 23.1 Å². The fraction of sp³-hybridized carbons (Fsp3) is 0.417. The van der Waals surface area contributed by atoms with Gasteiger partial charge in [0.1, 0.15) is 0 Å². The van der Waals surface area contributed by atoms with Gasteiger partial charge in [-0.05, 0) is 18.2 Å². The maximum atomic E-state index is 11.6. The maximum absolute atomic E-state index is 11.6. The smallest absolute Gasteiger partial charge is 0.238 e. The largest absolute Gasteiger partial charge is 0.324 e. The standard InChI is InChI=1S/C12H17ClN2O3S/c1-8(2)14-7-12(16)15-11-6-9(19(3,17)18)4-5-10(11)13/h4-6,8,14H,7H2,1-3H3,(H,15,16). The van der Waals surface area contributed by atoms with Gasteiger partial charge in [-0.1, -0.05) is 25.4 Å². The summed E-state index contributed by atoms with van der Waals surface area (Å²) < 4.78 is 22.9. The second-order valence-electron chi connectivity index (χ2n) is 4.50. The van der Waals surface area contributed by atoms with E-state index in [1.165, 1.54) is 18.2 Å². The number of halogens is 1. The summed E-state index contributed by atoms with van der Waals surface area (Å²) in [6.45, 7) is 3.98. The van der Waals surface area contributed by atoms with Gasteiger partial charge in [-0.15, -0.1) is 0 Å². The van der Waals surface area contributed by atoms with Crippen molar-refractivity contribution in [1.82, 2.24) is 5.32 Å². The zero-order valence-electron chi connectivity index (χ0n) is 11.0. The van der Waals surface area contributed by atoms with Crippen LogP contribution in [-0.2, 0) is 14.6 Å². The molecule has 0 fully saturated rings. The van der Waals surface area contributed by atoms with Crippen molar-refractivity contribution in [3.05, 3.63) is 23.2 Å². The highest BCUT2D eigenvalue weighted by molar-refractivity contribution is 7.90. The van der Waals surface area contributed by atoms with E-state index in [1.54, 1.807) is 0 Å². The maximum Gasteiger partial charge on any atom is 0.238 e. The number of hydrogen-bond acceptors (Lipinski definition) is 4. The number of benzene rings is 1. The fourth-order valence-electron chi connectivity index (χ4n) is 1.32. The lowest BCUT2D eigenvalue weighted by atomic mass is 10.3. The van der Waals surface area contributed by atoms with Gasteiger partial charge in [0.2, 0.25) is 5.91 Å². The molecule has 0 unspecified atom stereocenters. The van der Waals surface area contributed by atoms with Gasteiger partial charge in [0.15, 0.2) is 9.84 Å². The molecule has 0 aliphatic heterocycles. The average molecular weight is 305 g/mol. The van der Waals surface area contributed by atoms with Crippen molar-refractivity contribution in [2.75, 3.05) is 18.1 Å². The van der Waals surface area contributed by atoms with Crippen molar-refractivity contribution in [3.63, 3.8) is 0 Å². The van der Waals surface area contributed by atoms with E-state index in [9.17, 15) is 13.2 Å². The van der Waals surface area contributed by atoms with Gasteiger partial charge >= 0.3 is 0 Å². The van der Waals surface area contributed by atoms with Crippen LogP contribution in [0.3, 0.4) is 0 Å². The van der Waals surface area contributed by atoms with Crippen molar-refractivity contribution in [1.29, 1.82) is 0 Å². The third kappa shape index (κ3) is 5.18. The number of carbonyl (C=O) groups excluding carboxylic acids is 1. The monoisotopic (exact) mass is 304 g/mol. The van der Waals surface area contributed by atoms with Gasteiger partial charge in [-0.2, -0.15) is 0 Å². The average Bonchev–Trinajstić information content (AvgIpc) is 2.28. The zero-order valence-corrected chi connectivity index (χ0v) is 12.6. The van der Waals surface area contributed by atoms with Crippen molar-refractivity contribution >= 4 is 33.0 Å². The molecular weight excluding hydrogens is 288 g/mol. The third-order valence-corrected chi connectivity index (χ3v) is 3.75. The first-order chi connectivity index (χ1) is 8.70. The lowest BCUT2D eigenvalue weighted by Crippen LogP contribution is -2.32. The topological polar surface area (TPSA) is 75.3 Å². The Morgan fingerprint density at radius 3 is 2.53 bits per heavy atom. The first-order valence-electron chi connectivity index (χ1n) is 5.73. The van der Waals surface area contributed by atoms with Crippen molar-refractivity contribution in [2.45, 2.75) is 24.8 Å². The highest BCUT2D eigenvalue weighted by atomic mass is 35.5. The SMILES string of the molecule is CC(C)NCC(=O)Nc1cc(S(C)(=O)=O)ccc1Cl. The van der Waals surface area contributed by atoms with Crippen molar-refractivity contribution in [2.24, 2.45) is 0 Å². The number of nitrogens with one attached hydrogen (secondary N) is 2. The molecular formula is C12H17ClN2O3S. The molecule has 0 spiro atoms. The highest BCUT2D eigenvalue weighted by Crippen LogP contribution is 2.25. The van der Waals surface area contributed by atoms with Gasteiger partial charge in [0.05, 0.1) is 22.2 Å². The van der Waals surface area contributed by atoms with Crippen LogP contribution in [0.25, 0.3) is 0 Å². The molecule has 1 aromatic rings. The number of anilines is 1. The van der Waals surface area contributed by atoms with E-state index in [-0.39, 0.29) is 23.4 Å². The highest BCUT2D eigenvalue weighted by Gasteiger charge is 2.12. The summed E-state index contributed by atoms with van der Waals surface area (Å²) in [4.78, 5) is 11.8. The molecule has 106 valence electrons. The number of amides is 1. The van der Waals surface area contributed by atoms with E-state index >= 15 is 0 Å². The number of carbonyl (C=O) groups is 1. The summed E-state index contributed by atoms with van der Waals surface area (Å²) in [5.41, 5.74) is 0.292. The minimum absolute atomic E-state index is 0.115. The van der Waals surface area contributed by atoms with E-state index in [0.717, 1.165) is 6.26 Å². The van der Waals surface area contributed by atoms with Gasteiger partial charge < -0.3 is 10.6 Å². The minimum atomic E-state index is -3.33. The molecule has 0 heterocycles. The molecule has 5 nitrogen and oxygen atoms in total. The molecule has 7 heteroatoms. The van der Waals surface area contributed by atoms with E-state index in [4.69, 9.17) is 11.6 Å². The second kappa shape index (κ2) is 6.36. The van der Waals surface area contributed by atoms with Crippen LogP contribution in [0.5, 0.6) is 0 Å². The Kier molecular flexibility index (Phi) is 5.34. The van der Waals surface area contributed by atoms with Crippen LogP contribution in [-0.4, -0.2) is 33.2 Å². The van der Waals surface area contributed by atoms with Crippen LogP contribution >= 0.6 is 11.6 Å². The quantitative estimate of drug-likeness (QED) is 0.868. The van der Waals surface area contributed by atoms with Crippen LogP contribution in [0.1, 0.15) is 13.8 Å². The van der Waals surface area contributed by atoms with E-state index in [2.05, 4.69) is 10.6 Å². The molecule has 0 saturated carbocycles. The second-order valence-corrected chi connectivity index (χ2v) is 6.92. The van der Waals surface area contributed by atoms with Crippen molar-refractivity contribution < 1.29 is 13.2 Å². The molecule has 1 amide bonds. The lowest BCUT2D eigenvalue weighted by molar-refractivity contribution is -0.115. The van der Waals surface area contributed by atoms with Gasteiger partial charge in [-0.3, -0.25) is 4.79 Å². The molecule has 0 saturated heterocycles. The Morgan fingerprint density at radius 2 is 2.00 bits per heavy atom. The number of sulfone groups is 1. The normalized spacial score (nSPS) is 11.6. The van der Waals surface area contributed by atoms with Gasteiger partial charge in [0.25, 0.3) is 0 Å². The van der Waals surface area contributed by atoms with Crippen molar-refractivity contribution in [3.8, 4) is 0 Å². The molecule has 1 rings (SSSR count). The Labute approximate surface area is 118 Å². The molecule has 19 heavy (non-hydrogen) atoms. The Hall–Kier alpha value is -1.11. The van der Waals surface area contributed by atoms with E-state index in [0.29, 0.717) is 10.7 Å². The molecule has 0 aliphatic carbocycles. The van der Waals surface area contributed by atoms with Gasteiger partial charge in [-0.25, -0.2) is 8.42 Å². The van der Waals surface area contributed by atoms with E-state index in [1.807, 2.05) is 13.8 Å². The van der Waals surface area contributed by atoms with Crippen LogP contribution in [0, 0.1) is 0 Å². The van der Waals surface area contributed by atoms with Crippen LogP contribution in [0.4, 0.5) is 5.69 Å². The summed E-state index contributed by atoms with van der Waals surface area (Å²) in [7, 11) is -3.33. The van der Waals surface area contributed by atoms with Crippen LogP contribution < -0.4 is 10.6 Å². The summed E-state index contributed by atoms with van der Waals surface area (Å²) >= 11 is 5.92. The molecule has 0 aliphatic rings.